The van der Waals surface area contributed by atoms with Gasteiger partial charge in [-0.05, 0) is 37.1 Å². The van der Waals surface area contributed by atoms with Crippen LogP contribution in [-0.4, -0.2) is 77.4 Å². The third-order valence-electron chi connectivity index (χ3n) is 6.28. The molecule has 3 heterocycles. The Morgan fingerprint density at radius 3 is 2.53 bits per heavy atom. The van der Waals surface area contributed by atoms with Crippen LogP contribution >= 0.6 is 11.6 Å². The van der Waals surface area contributed by atoms with Crippen molar-refractivity contribution in [2.24, 2.45) is 12.5 Å². The summed E-state index contributed by atoms with van der Waals surface area (Å²) >= 11 is 6.10. The predicted molar refractivity (Wildman–Crippen MR) is 120 cm³/mol. The van der Waals surface area contributed by atoms with E-state index >= 15 is 0 Å². The van der Waals surface area contributed by atoms with Crippen molar-refractivity contribution in [3.8, 4) is 5.75 Å². The molecule has 2 amide bonds. The summed E-state index contributed by atoms with van der Waals surface area (Å²) in [5.41, 5.74) is 0.0954. The van der Waals surface area contributed by atoms with Crippen LogP contribution in [0.5, 0.6) is 5.75 Å². The molecule has 0 spiro atoms. The number of halogens is 1. The van der Waals surface area contributed by atoms with Crippen LogP contribution in [-0.2, 0) is 16.6 Å². The van der Waals surface area contributed by atoms with Crippen molar-refractivity contribution in [2.45, 2.75) is 19.3 Å². The van der Waals surface area contributed by atoms with Gasteiger partial charge in [-0.3, -0.25) is 14.3 Å². The summed E-state index contributed by atoms with van der Waals surface area (Å²) in [6.45, 7) is 3.90. The standard InChI is InChI=1S/C23H29ClN4O4/c1-26-8-5-20(25-26)22(30)28-9-6-23(7-10-28,16-21(29)27-11-13-31-14-12-27)17-32-19-4-2-3-18(24)15-19/h2-5,8,15H,6-7,9-14,16-17H2,1H3. The molecule has 0 atom stereocenters. The van der Waals surface area contributed by atoms with Gasteiger partial charge in [0.15, 0.2) is 0 Å². The zero-order valence-corrected chi connectivity index (χ0v) is 19.1. The number of benzene rings is 1. The molecule has 1 aromatic heterocycles. The zero-order chi connectivity index (χ0) is 22.6. The number of morpholine rings is 1. The van der Waals surface area contributed by atoms with Crippen LogP contribution in [0.2, 0.25) is 5.02 Å². The van der Waals surface area contributed by atoms with Crippen molar-refractivity contribution >= 4 is 23.4 Å². The number of ether oxygens (including phenoxy) is 2. The minimum absolute atomic E-state index is 0.0746. The van der Waals surface area contributed by atoms with Gasteiger partial charge < -0.3 is 19.3 Å². The fourth-order valence-corrected chi connectivity index (χ4v) is 4.47. The second kappa shape index (κ2) is 9.92. The molecule has 0 N–H and O–H groups in total. The minimum atomic E-state index is -0.349. The molecule has 0 saturated carbocycles. The number of rotatable bonds is 6. The second-order valence-electron chi connectivity index (χ2n) is 8.58. The number of nitrogens with zero attached hydrogens (tertiary/aromatic N) is 4. The molecule has 1 aromatic carbocycles. The molecule has 2 fully saturated rings. The fraction of sp³-hybridized carbons (Fsp3) is 0.522. The number of amides is 2. The van der Waals surface area contributed by atoms with Gasteiger partial charge >= 0.3 is 0 Å². The van der Waals surface area contributed by atoms with Gasteiger partial charge in [0, 0.05) is 56.3 Å². The first-order chi connectivity index (χ1) is 15.4. The number of hydrogen-bond acceptors (Lipinski definition) is 5. The summed E-state index contributed by atoms with van der Waals surface area (Å²) in [7, 11) is 1.79. The number of aryl methyl sites for hydroxylation is 1. The van der Waals surface area contributed by atoms with E-state index < -0.39 is 0 Å². The van der Waals surface area contributed by atoms with Crippen molar-refractivity contribution in [2.75, 3.05) is 46.0 Å². The molecule has 8 nitrogen and oxygen atoms in total. The normalized spacial score (nSPS) is 18.4. The molecule has 2 aliphatic rings. The van der Waals surface area contributed by atoms with Crippen molar-refractivity contribution < 1.29 is 19.1 Å². The highest BCUT2D eigenvalue weighted by atomic mass is 35.5. The molecule has 172 valence electrons. The van der Waals surface area contributed by atoms with E-state index in [0.29, 0.717) is 81.7 Å². The number of aromatic nitrogens is 2. The highest BCUT2D eigenvalue weighted by Gasteiger charge is 2.40. The first-order valence-corrected chi connectivity index (χ1v) is 11.3. The molecule has 0 radical (unpaired) electrons. The monoisotopic (exact) mass is 460 g/mol. The largest absolute Gasteiger partial charge is 0.493 e. The summed E-state index contributed by atoms with van der Waals surface area (Å²) < 4.78 is 13.1. The molecule has 2 saturated heterocycles. The Morgan fingerprint density at radius 2 is 1.88 bits per heavy atom. The molecule has 9 heteroatoms. The molecule has 0 bridgehead atoms. The lowest BCUT2D eigenvalue weighted by atomic mass is 9.75. The van der Waals surface area contributed by atoms with Gasteiger partial charge in [-0.25, -0.2) is 0 Å². The summed E-state index contributed by atoms with van der Waals surface area (Å²) in [4.78, 5) is 29.6. The van der Waals surface area contributed by atoms with Crippen LogP contribution in [0.1, 0.15) is 29.8 Å². The maximum atomic E-state index is 13.1. The molecular formula is C23H29ClN4O4. The Bertz CT molecular complexity index is 949. The molecule has 32 heavy (non-hydrogen) atoms. The first kappa shape index (κ1) is 22.6. The van der Waals surface area contributed by atoms with E-state index in [2.05, 4.69) is 5.10 Å². The van der Waals surface area contributed by atoms with E-state index in [1.54, 1.807) is 36.1 Å². The fourth-order valence-electron chi connectivity index (χ4n) is 4.29. The van der Waals surface area contributed by atoms with E-state index in [-0.39, 0.29) is 17.2 Å². The van der Waals surface area contributed by atoms with Crippen molar-refractivity contribution in [3.63, 3.8) is 0 Å². The maximum absolute atomic E-state index is 13.1. The molecule has 2 aliphatic heterocycles. The molecular weight excluding hydrogens is 432 g/mol. The van der Waals surface area contributed by atoms with Gasteiger partial charge in [-0.2, -0.15) is 5.10 Å². The molecule has 0 aliphatic carbocycles. The molecule has 0 unspecified atom stereocenters. The predicted octanol–water partition coefficient (Wildman–Crippen LogP) is 2.62. The van der Waals surface area contributed by atoms with Crippen LogP contribution in [0, 0.1) is 5.41 Å². The highest BCUT2D eigenvalue weighted by Crippen LogP contribution is 2.37. The topological polar surface area (TPSA) is 76.9 Å². The van der Waals surface area contributed by atoms with Crippen LogP contribution in [0.25, 0.3) is 0 Å². The third kappa shape index (κ3) is 5.42. The summed E-state index contributed by atoms with van der Waals surface area (Å²) in [5.74, 6) is 0.727. The van der Waals surface area contributed by atoms with Crippen LogP contribution < -0.4 is 4.74 Å². The lowest BCUT2D eigenvalue weighted by Crippen LogP contribution is -2.49. The van der Waals surface area contributed by atoms with Gasteiger partial charge in [0.2, 0.25) is 5.91 Å². The van der Waals surface area contributed by atoms with Crippen LogP contribution in [0.4, 0.5) is 0 Å². The number of carbonyl (C=O) groups is 2. The molecule has 2 aromatic rings. The van der Waals surface area contributed by atoms with E-state index in [4.69, 9.17) is 21.1 Å². The van der Waals surface area contributed by atoms with E-state index in [1.807, 2.05) is 21.9 Å². The number of hydrogen-bond donors (Lipinski definition) is 0. The second-order valence-corrected chi connectivity index (χ2v) is 9.02. The smallest absolute Gasteiger partial charge is 0.274 e. The van der Waals surface area contributed by atoms with Crippen molar-refractivity contribution in [1.29, 1.82) is 0 Å². The Labute approximate surface area is 193 Å². The summed E-state index contributed by atoms with van der Waals surface area (Å²) in [6.07, 6.45) is 3.52. The Morgan fingerprint density at radius 1 is 1.12 bits per heavy atom. The van der Waals surface area contributed by atoms with Crippen LogP contribution in [0.15, 0.2) is 36.5 Å². The summed E-state index contributed by atoms with van der Waals surface area (Å²) in [6, 6.07) is 9.02. The van der Waals surface area contributed by atoms with E-state index in [9.17, 15) is 9.59 Å². The number of carbonyl (C=O) groups excluding carboxylic acids is 2. The quantitative estimate of drug-likeness (QED) is 0.662. The van der Waals surface area contributed by atoms with Gasteiger partial charge in [0.05, 0.1) is 19.8 Å². The van der Waals surface area contributed by atoms with Crippen molar-refractivity contribution in [3.05, 3.63) is 47.2 Å². The van der Waals surface area contributed by atoms with Gasteiger partial charge in [0.1, 0.15) is 11.4 Å². The van der Waals surface area contributed by atoms with E-state index in [1.165, 1.54) is 0 Å². The van der Waals surface area contributed by atoms with Gasteiger partial charge in [0.25, 0.3) is 5.91 Å². The molecule has 4 rings (SSSR count). The summed E-state index contributed by atoms with van der Waals surface area (Å²) in [5, 5.41) is 4.84. The highest BCUT2D eigenvalue weighted by molar-refractivity contribution is 6.30. The number of likely N-dealkylation sites (tertiary alicyclic amines) is 1. The number of piperidine rings is 1. The average Bonchev–Trinajstić information content (AvgIpc) is 3.25. The lowest BCUT2D eigenvalue weighted by Gasteiger charge is -2.42. The zero-order valence-electron chi connectivity index (χ0n) is 18.3. The maximum Gasteiger partial charge on any atom is 0.274 e. The van der Waals surface area contributed by atoms with Gasteiger partial charge in [-0.15, -0.1) is 0 Å². The Kier molecular flexibility index (Phi) is 7.01. The van der Waals surface area contributed by atoms with Gasteiger partial charge in [-0.1, -0.05) is 17.7 Å². The average molecular weight is 461 g/mol. The van der Waals surface area contributed by atoms with Crippen molar-refractivity contribution in [1.82, 2.24) is 19.6 Å². The SMILES string of the molecule is Cn1ccc(C(=O)N2CCC(COc3cccc(Cl)c3)(CC(=O)N3CCOCC3)CC2)n1. The Balaban J connectivity index is 1.45. The Hall–Kier alpha value is -2.58. The minimum Gasteiger partial charge on any atom is -0.493 e. The van der Waals surface area contributed by atoms with E-state index in [0.717, 1.165) is 0 Å². The van der Waals surface area contributed by atoms with Crippen LogP contribution in [0.3, 0.4) is 0 Å². The lowest BCUT2D eigenvalue weighted by molar-refractivity contribution is -0.139. The third-order valence-corrected chi connectivity index (χ3v) is 6.51. The first-order valence-electron chi connectivity index (χ1n) is 11.0.